The Bertz CT molecular complexity index is 554. The summed E-state index contributed by atoms with van der Waals surface area (Å²) in [6, 6.07) is 3.88. The van der Waals surface area contributed by atoms with E-state index in [0.717, 1.165) is 17.0 Å². The van der Waals surface area contributed by atoms with Gasteiger partial charge < -0.3 is 0 Å². The molecule has 0 amide bonds. The lowest BCUT2D eigenvalue weighted by Gasteiger charge is -1.97. The Labute approximate surface area is 93.3 Å². The molecule has 1 fully saturated rings. The van der Waals surface area contributed by atoms with Gasteiger partial charge in [-0.1, -0.05) is 0 Å². The predicted molar refractivity (Wildman–Crippen MR) is 59.3 cm³/mol. The summed E-state index contributed by atoms with van der Waals surface area (Å²) in [5.41, 5.74) is 1.86. The van der Waals surface area contributed by atoms with Gasteiger partial charge in [-0.15, -0.1) is 0 Å². The number of hydrogen-bond acceptors (Lipinski definition) is 3. The van der Waals surface area contributed by atoms with E-state index >= 15 is 0 Å². The Kier molecular flexibility index (Phi) is 2.02. The number of pyridine rings is 1. The van der Waals surface area contributed by atoms with Crippen LogP contribution in [-0.2, 0) is 11.2 Å². The summed E-state index contributed by atoms with van der Waals surface area (Å²) >= 11 is 0. The van der Waals surface area contributed by atoms with Crippen molar-refractivity contribution in [3.63, 3.8) is 0 Å². The summed E-state index contributed by atoms with van der Waals surface area (Å²) in [6.45, 7) is 1.60. The molecule has 4 heteroatoms. The smallest absolute Gasteiger partial charge is 0.155 e. The van der Waals surface area contributed by atoms with E-state index in [1.807, 2.05) is 18.3 Å². The minimum absolute atomic E-state index is 0.172. The van der Waals surface area contributed by atoms with Gasteiger partial charge in [0.2, 0.25) is 0 Å². The van der Waals surface area contributed by atoms with Gasteiger partial charge in [-0.3, -0.25) is 4.79 Å². The van der Waals surface area contributed by atoms with Crippen LogP contribution in [0.5, 0.6) is 0 Å². The zero-order valence-corrected chi connectivity index (χ0v) is 9.18. The molecule has 0 bridgehead atoms. The SMILES string of the molecule is CC(=O)Cc1ccn2nc(C3CC3)nc2c1. The van der Waals surface area contributed by atoms with Gasteiger partial charge in [-0.25, -0.2) is 9.50 Å². The molecule has 0 N–H and O–H groups in total. The number of carbonyl (C=O) groups is 1. The first-order valence-corrected chi connectivity index (χ1v) is 5.57. The summed E-state index contributed by atoms with van der Waals surface area (Å²) in [7, 11) is 0. The van der Waals surface area contributed by atoms with Crippen LogP contribution in [0.4, 0.5) is 0 Å². The number of nitrogens with zero attached hydrogens (tertiary/aromatic N) is 3. The Balaban J connectivity index is 1.99. The van der Waals surface area contributed by atoms with Crippen molar-refractivity contribution in [1.29, 1.82) is 0 Å². The minimum Gasteiger partial charge on any atom is -0.300 e. The maximum Gasteiger partial charge on any atom is 0.155 e. The van der Waals surface area contributed by atoms with Gasteiger partial charge in [0.05, 0.1) is 0 Å². The fourth-order valence-electron chi connectivity index (χ4n) is 1.85. The number of hydrogen-bond donors (Lipinski definition) is 0. The molecule has 0 atom stereocenters. The maximum absolute atomic E-state index is 11.0. The van der Waals surface area contributed by atoms with Crippen LogP contribution in [0.15, 0.2) is 18.3 Å². The van der Waals surface area contributed by atoms with Crippen LogP contribution >= 0.6 is 0 Å². The molecule has 0 aliphatic heterocycles. The fraction of sp³-hybridized carbons (Fsp3) is 0.417. The van der Waals surface area contributed by atoms with E-state index in [4.69, 9.17) is 0 Å². The van der Waals surface area contributed by atoms with E-state index in [1.54, 1.807) is 11.4 Å². The molecule has 0 spiro atoms. The van der Waals surface area contributed by atoms with Crippen LogP contribution in [0.1, 0.15) is 37.1 Å². The van der Waals surface area contributed by atoms with Gasteiger partial charge in [-0.2, -0.15) is 5.10 Å². The molecule has 0 unspecified atom stereocenters. The highest BCUT2D eigenvalue weighted by atomic mass is 16.1. The van der Waals surface area contributed by atoms with E-state index in [1.165, 1.54) is 12.8 Å². The lowest BCUT2D eigenvalue weighted by molar-refractivity contribution is -0.116. The number of carbonyl (C=O) groups excluding carboxylic acids is 1. The zero-order chi connectivity index (χ0) is 11.1. The van der Waals surface area contributed by atoms with Crippen molar-refractivity contribution in [1.82, 2.24) is 14.6 Å². The molecule has 3 rings (SSSR count). The normalized spacial score (nSPS) is 15.6. The Morgan fingerprint density at radius 2 is 2.38 bits per heavy atom. The molecule has 1 aliphatic carbocycles. The first-order chi connectivity index (χ1) is 7.72. The maximum atomic E-state index is 11.0. The number of fused-ring (bicyclic) bond motifs is 1. The van der Waals surface area contributed by atoms with Gasteiger partial charge in [0.1, 0.15) is 5.78 Å². The van der Waals surface area contributed by atoms with E-state index in [-0.39, 0.29) is 5.78 Å². The lowest BCUT2D eigenvalue weighted by Crippen LogP contribution is -1.97. The third-order valence-corrected chi connectivity index (χ3v) is 2.81. The van der Waals surface area contributed by atoms with Crippen molar-refractivity contribution in [3.8, 4) is 0 Å². The highest BCUT2D eigenvalue weighted by Crippen LogP contribution is 2.38. The quantitative estimate of drug-likeness (QED) is 0.783. The van der Waals surface area contributed by atoms with Crippen LogP contribution in [0.25, 0.3) is 5.65 Å². The van der Waals surface area contributed by atoms with Crippen LogP contribution in [0.3, 0.4) is 0 Å². The van der Waals surface area contributed by atoms with Crippen molar-refractivity contribution in [2.75, 3.05) is 0 Å². The summed E-state index contributed by atoms with van der Waals surface area (Å²) < 4.78 is 1.79. The van der Waals surface area contributed by atoms with Gasteiger partial charge in [0.25, 0.3) is 0 Å². The Morgan fingerprint density at radius 1 is 1.56 bits per heavy atom. The summed E-state index contributed by atoms with van der Waals surface area (Å²) in [4.78, 5) is 15.5. The molecule has 4 nitrogen and oxygen atoms in total. The molecule has 1 aliphatic rings. The Morgan fingerprint density at radius 3 is 3.06 bits per heavy atom. The molecule has 0 radical (unpaired) electrons. The van der Waals surface area contributed by atoms with Crippen LogP contribution < -0.4 is 0 Å². The average Bonchev–Trinajstić information content (AvgIpc) is 2.98. The average molecular weight is 215 g/mol. The standard InChI is InChI=1S/C12H13N3O/c1-8(16)6-9-4-5-15-11(7-9)13-12(14-15)10-2-3-10/h4-5,7,10H,2-3,6H2,1H3. The van der Waals surface area contributed by atoms with Crippen LogP contribution in [0, 0.1) is 0 Å². The van der Waals surface area contributed by atoms with Gasteiger partial charge >= 0.3 is 0 Å². The molecule has 82 valence electrons. The molecule has 1 saturated carbocycles. The summed E-state index contributed by atoms with van der Waals surface area (Å²) in [6.07, 6.45) is 4.77. The number of aromatic nitrogens is 3. The van der Waals surface area contributed by atoms with Crippen molar-refractivity contribution in [3.05, 3.63) is 29.7 Å². The van der Waals surface area contributed by atoms with E-state index in [9.17, 15) is 4.79 Å². The number of rotatable bonds is 3. The molecule has 0 saturated heterocycles. The highest BCUT2D eigenvalue weighted by Gasteiger charge is 2.27. The molecule has 2 aromatic rings. The van der Waals surface area contributed by atoms with Gasteiger partial charge in [0, 0.05) is 18.5 Å². The van der Waals surface area contributed by atoms with Gasteiger partial charge in [-0.05, 0) is 37.5 Å². The second kappa shape index (κ2) is 3.40. The summed E-state index contributed by atoms with van der Waals surface area (Å²) in [5, 5.41) is 4.42. The van der Waals surface area contributed by atoms with Gasteiger partial charge in [0.15, 0.2) is 11.5 Å². The second-order valence-electron chi connectivity index (χ2n) is 4.46. The molecular formula is C12H13N3O. The lowest BCUT2D eigenvalue weighted by atomic mass is 10.1. The highest BCUT2D eigenvalue weighted by molar-refractivity contribution is 5.78. The van der Waals surface area contributed by atoms with E-state index in [0.29, 0.717) is 12.3 Å². The van der Waals surface area contributed by atoms with Crippen molar-refractivity contribution < 1.29 is 4.79 Å². The predicted octanol–water partition coefficient (Wildman–Crippen LogP) is 1.74. The Hall–Kier alpha value is -1.71. The van der Waals surface area contributed by atoms with Crippen molar-refractivity contribution in [2.45, 2.75) is 32.1 Å². The van der Waals surface area contributed by atoms with E-state index < -0.39 is 0 Å². The minimum atomic E-state index is 0.172. The first kappa shape index (κ1) is 9.51. The molecule has 16 heavy (non-hydrogen) atoms. The largest absolute Gasteiger partial charge is 0.300 e. The third kappa shape index (κ3) is 1.71. The first-order valence-electron chi connectivity index (χ1n) is 5.57. The molecule has 2 aromatic heterocycles. The fourth-order valence-corrected chi connectivity index (χ4v) is 1.85. The van der Waals surface area contributed by atoms with Crippen LogP contribution in [-0.4, -0.2) is 20.4 Å². The monoisotopic (exact) mass is 215 g/mol. The number of ketones is 1. The van der Waals surface area contributed by atoms with Crippen molar-refractivity contribution >= 4 is 11.4 Å². The van der Waals surface area contributed by atoms with Crippen molar-refractivity contribution in [2.24, 2.45) is 0 Å². The van der Waals surface area contributed by atoms with E-state index in [2.05, 4.69) is 10.1 Å². The molecular weight excluding hydrogens is 202 g/mol. The molecule has 2 heterocycles. The molecule has 0 aromatic carbocycles. The van der Waals surface area contributed by atoms with Crippen LogP contribution in [0.2, 0.25) is 0 Å². The third-order valence-electron chi connectivity index (χ3n) is 2.81. The topological polar surface area (TPSA) is 47.3 Å². The zero-order valence-electron chi connectivity index (χ0n) is 9.18. The number of Topliss-reactive ketones (excluding diaryl/α,β-unsaturated/α-hetero) is 1. The summed E-state index contributed by atoms with van der Waals surface area (Å²) in [5.74, 6) is 1.68. The second-order valence-corrected chi connectivity index (χ2v) is 4.46.